The molecule has 1 N–H and O–H groups in total. The van der Waals surface area contributed by atoms with E-state index in [4.69, 9.17) is 0 Å². The minimum Gasteiger partial charge on any atom is 1.00 e. The van der Waals surface area contributed by atoms with Crippen LogP contribution in [-0.2, 0) is 23.1 Å². The van der Waals surface area contributed by atoms with Gasteiger partial charge in [0.25, 0.3) is 0 Å². The zero-order chi connectivity index (χ0) is 9.68. The number of carbonyl (C=O) groups excluding carboxylic acids is 1. The van der Waals surface area contributed by atoms with Crippen molar-refractivity contribution in [3.8, 4) is 5.75 Å². The third-order valence-corrected chi connectivity index (χ3v) is 12.9. The van der Waals surface area contributed by atoms with Gasteiger partial charge in [0, 0.05) is 0 Å². The Labute approximate surface area is 121 Å². The van der Waals surface area contributed by atoms with Crippen LogP contribution in [-0.4, -0.2) is 10.2 Å². The van der Waals surface area contributed by atoms with Gasteiger partial charge in [0.2, 0.25) is 0 Å². The number of rotatable bonds is 3. The zero-order valence-corrected chi connectivity index (χ0v) is 16.8. The predicted octanol–water partition coefficient (Wildman–Crippen LogP) is -0.295. The van der Waals surface area contributed by atoms with Crippen molar-refractivity contribution in [2.45, 2.75) is 10.9 Å². The molecule has 0 aliphatic heterocycles. The van der Waals surface area contributed by atoms with Gasteiger partial charge in [0.15, 0.2) is 0 Å². The van der Waals surface area contributed by atoms with Crippen molar-refractivity contribution >= 4 is 13.4 Å². The van der Waals surface area contributed by atoms with E-state index in [1.54, 1.807) is 24.3 Å². The van der Waals surface area contributed by atoms with Crippen LogP contribution in [0.25, 0.3) is 0 Å². The van der Waals surface area contributed by atoms with Crippen molar-refractivity contribution < 1.29 is 62.5 Å². The van der Waals surface area contributed by atoms with Crippen LogP contribution in [0.1, 0.15) is 17.3 Å². The van der Waals surface area contributed by atoms with E-state index in [0.29, 0.717) is 5.56 Å². The molecule has 0 unspecified atom stereocenters. The molecule has 1 aromatic carbocycles. The smallest absolute Gasteiger partial charge is 1.00 e. The summed E-state index contributed by atoms with van der Waals surface area (Å²) in [5.74, 6) is 0.101. The predicted molar refractivity (Wildman–Crippen MR) is 50.5 cm³/mol. The minimum atomic E-state index is -1.01. The molecule has 5 heteroatoms. The number of phenols is 1. The Morgan fingerprint density at radius 2 is 2.14 bits per heavy atom. The SMILES string of the molecule is C[CH2][Hg][S]C(=O)c1ccccc1O.[Na+]. The second kappa shape index (κ2) is 8.16. The molecule has 1 aromatic rings. The summed E-state index contributed by atoms with van der Waals surface area (Å²) in [7, 11) is 1.47. The van der Waals surface area contributed by atoms with Gasteiger partial charge in [-0.1, -0.05) is 0 Å². The van der Waals surface area contributed by atoms with E-state index in [1.807, 2.05) is 0 Å². The molecule has 0 bridgehead atoms. The van der Waals surface area contributed by atoms with Crippen molar-refractivity contribution in [1.29, 1.82) is 0 Å². The molecule has 0 fully saturated rings. The molecule has 1 rings (SSSR count). The third-order valence-electron chi connectivity index (χ3n) is 1.56. The number of para-hydroxylation sites is 1. The van der Waals surface area contributed by atoms with Crippen LogP contribution in [0.4, 0.5) is 0 Å². The van der Waals surface area contributed by atoms with Gasteiger partial charge < -0.3 is 0 Å². The summed E-state index contributed by atoms with van der Waals surface area (Å²) in [6.45, 7) is 2.12. The Morgan fingerprint density at radius 1 is 1.50 bits per heavy atom. The molecule has 0 spiro atoms. The average molecular weight is 406 g/mol. The number of benzene rings is 1. The largest absolute Gasteiger partial charge is 1.00 e. The van der Waals surface area contributed by atoms with E-state index in [9.17, 15) is 9.90 Å². The number of phenolic OH excluding ortho intramolecular Hbond substituents is 1. The van der Waals surface area contributed by atoms with Gasteiger partial charge in [0.05, 0.1) is 0 Å². The van der Waals surface area contributed by atoms with E-state index < -0.39 is 23.1 Å². The van der Waals surface area contributed by atoms with Crippen LogP contribution in [0, 0.1) is 0 Å². The van der Waals surface area contributed by atoms with Crippen molar-refractivity contribution in [2.24, 2.45) is 0 Å². The monoisotopic (exact) mass is 407 g/mol. The molecule has 0 aliphatic carbocycles. The first-order valence-electron chi connectivity index (χ1n) is 4.20. The zero-order valence-electron chi connectivity index (χ0n) is 8.49. The first-order valence-corrected chi connectivity index (χ1v) is 15.8. The van der Waals surface area contributed by atoms with Crippen molar-refractivity contribution in [3.63, 3.8) is 0 Å². The van der Waals surface area contributed by atoms with Gasteiger partial charge in [-0.15, -0.1) is 0 Å². The summed E-state index contributed by atoms with van der Waals surface area (Å²) in [6.07, 6.45) is 0. The van der Waals surface area contributed by atoms with Crippen LogP contribution < -0.4 is 29.6 Å². The fraction of sp³-hybridized carbons (Fsp3) is 0.222. The maximum atomic E-state index is 11.5. The summed E-state index contributed by atoms with van der Waals surface area (Å²) in [5, 5.41) is 9.41. The summed E-state index contributed by atoms with van der Waals surface area (Å²) >= 11 is -1.01. The van der Waals surface area contributed by atoms with Crippen LogP contribution in [0.3, 0.4) is 0 Å². The average Bonchev–Trinajstić information content (AvgIpc) is 2.15. The maximum Gasteiger partial charge on any atom is 1.00 e. The van der Waals surface area contributed by atoms with Gasteiger partial charge in [-0.2, -0.15) is 0 Å². The fourth-order valence-electron chi connectivity index (χ4n) is 0.919. The quantitative estimate of drug-likeness (QED) is 0.702. The van der Waals surface area contributed by atoms with Crippen molar-refractivity contribution in [1.82, 2.24) is 0 Å². The Balaban J connectivity index is 0.00000169. The van der Waals surface area contributed by atoms with Gasteiger partial charge in [0.1, 0.15) is 0 Å². The van der Waals surface area contributed by atoms with Crippen LogP contribution in [0.5, 0.6) is 5.75 Å². The molecule has 0 heterocycles. The molecule has 0 saturated carbocycles. The van der Waals surface area contributed by atoms with E-state index in [-0.39, 0.29) is 40.4 Å². The van der Waals surface area contributed by atoms with Crippen LogP contribution in [0.15, 0.2) is 24.3 Å². The second-order valence-corrected chi connectivity index (χ2v) is 15.7. The minimum absolute atomic E-state index is 0. The van der Waals surface area contributed by atoms with E-state index >= 15 is 0 Å². The van der Waals surface area contributed by atoms with Crippen LogP contribution >= 0.6 is 8.24 Å². The normalized spacial score (nSPS) is 8.64. The molecule has 2 nitrogen and oxygen atoms in total. The molecule has 0 amide bonds. The van der Waals surface area contributed by atoms with Gasteiger partial charge in [-0.05, 0) is 0 Å². The van der Waals surface area contributed by atoms with Crippen molar-refractivity contribution in [3.05, 3.63) is 29.8 Å². The van der Waals surface area contributed by atoms with Gasteiger partial charge in [-0.25, -0.2) is 0 Å². The van der Waals surface area contributed by atoms with Gasteiger partial charge >= 0.3 is 122 Å². The fourth-order valence-corrected chi connectivity index (χ4v) is 7.99. The third kappa shape index (κ3) is 4.66. The molecule has 0 aliphatic rings. The summed E-state index contributed by atoms with van der Waals surface area (Å²) < 4.78 is 1.18. The van der Waals surface area contributed by atoms with E-state index in [1.165, 1.54) is 12.2 Å². The Bertz CT molecular complexity index is 307. The second-order valence-electron chi connectivity index (χ2n) is 2.65. The summed E-state index contributed by atoms with van der Waals surface area (Å²) in [4.78, 5) is 11.5. The molecule has 0 atom stereocenters. The molecule has 14 heavy (non-hydrogen) atoms. The maximum absolute atomic E-state index is 11.5. The summed E-state index contributed by atoms with van der Waals surface area (Å²) in [5.41, 5.74) is 0.459. The molecular formula is C9H10HgNaO2S+. The van der Waals surface area contributed by atoms with Gasteiger partial charge in [-0.3, -0.25) is 0 Å². The number of hydrogen-bond acceptors (Lipinski definition) is 3. The topological polar surface area (TPSA) is 37.3 Å². The summed E-state index contributed by atoms with van der Waals surface area (Å²) in [6, 6.07) is 6.72. The van der Waals surface area contributed by atoms with E-state index in [2.05, 4.69) is 6.92 Å². The van der Waals surface area contributed by atoms with Crippen molar-refractivity contribution in [2.75, 3.05) is 0 Å². The molecule has 66 valence electrons. The number of carbonyl (C=O) groups is 1. The Hall–Kier alpha value is 0.975. The van der Waals surface area contributed by atoms with Crippen LogP contribution in [0.2, 0.25) is 3.93 Å². The molecule has 0 aromatic heterocycles. The number of hydrogen-bond donors (Lipinski definition) is 1. The standard InChI is InChI=1S/C7H6O2S.C2H5.Hg.Na/c8-6-4-2-1-3-5(6)7(9)10;1-2;;/h1-4,8H,(H,9,10);1H2,2H3;;/q;;2*+1/p-1. The number of aromatic hydroxyl groups is 1. The van der Waals surface area contributed by atoms with E-state index in [0.717, 1.165) is 0 Å². The Morgan fingerprint density at radius 3 is 2.71 bits per heavy atom. The molecular weight excluding hydrogens is 396 g/mol. The molecule has 0 radical (unpaired) electrons. The Kier molecular flexibility index (Phi) is 8.73. The first-order chi connectivity index (χ1) is 6.25. The first kappa shape index (κ1) is 15.0. The molecule has 0 saturated heterocycles.